The van der Waals surface area contributed by atoms with Crippen molar-refractivity contribution < 1.29 is 9.32 Å². The standard InChI is InChI=1S/C17H17N3O3S/c1-11-19-14(10-24-11)13-5-3-12(4-6-13)7-8-18-17(22)15-9-16(21)20(2)23-15/h3-6,9-10H,7-8H2,1-2H3,(H,18,22). The molecule has 7 heteroatoms. The zero-order valence-corrected chi connectivity index (χ0v) is 14.2. The summed E-state index contributed by atoms with van der Waals surface area (Å²) in [4.78, 5) is 27.6. The molecule has 0 atom stereocenters. The summed E-state index contributed by atoms with van der Waals surface area (Å²) in [7, 11) is 1.46. The molecule has 0 saturated heterocycles. The lowest BCUT2D eigenvalue weighted by Gasteiger charge is -2.04. The van der Waals surface area contributed by atoms with Crippen LogP contribution in [0.15, 0.2) is 45.0 Å². The van der Waals surface area contributed by atoms with Crippen molar-refractivity contribution in [1.82, 2.24) is 15.0 Å². The van der Waals surface area contributed by atoms with Gasteiger partial charge in [0.25, 0.3) is 11.5 Å². The monoisotopic (exact) mass is 343 g/mol. The second-order valence-corrected chi connectivity index (χ2v) is 6.45. The van der Waals surface area contributed by atoms with Crippen molar-refractivity contribution in [3.63, 3.8) is 0 Å². The SMILES string of the molecule is Cc1nc(-c2ccc(CCNC(=O)c3cc(=O)n(C)o3)cc2)cs1. The van der Waals surface area contributed by atoms with Crippen LogP contribution in [-0.4, -0.2) is 22.2 Å². The molecular weight excluding hydrogens is 326 g/mol. The highest BCUT2D eigenvalue weighted by molar-refractivity contribution is 7.09. The zero-order chi connectivity index (χ0) is 17.1. The molecule has 2 heterocycles. The molecule has 124 valence electrons. The summed E-state index contributed by atoms with van der Waals surface area (Å²) in [6, 6.07) is 9.29. The molecule has 1 N–H and O–H groups in total. The minimum Gasteiger partial charge on any atom is -0.371 e. The van der Waals surface area contributed by atoms with Crippen molar-refractivity contribution in [3.05, 3.63) is 62.4 Å². The lowest BCUT2D eigenvalue weighted by Crippen LogP contribution is -2.25. The minimum atomic E-state index is -0.387. The summed E-state index contributed by atoms with van der Waals surface area (Å²) < 4.78 is 6.05. The average molecular weight is 343 g/mol. The normalized spacial score (nSPS) is 10.8. The number of thiazole rings is 1. The Morgan fingerprint density at radius 2 is 2.08 bits per heavy atom. The Morgan fingerprint density at radius 3 is 2.67 bits per heavy atom. The van der Waals surface area contributed by atoms with Gasteiger partial charge in [-0.15, -0.1) is 11.3 Å². The van der Waals surface area contributed by atoms with Crippen molar-refractivity contribution in [1.29, 1.82) is 0 Å². The predicted molar refractivity (Wildman–Crippen MR) is 92.3 cm³/mol. The fourth-order valence-corrected chi connectivity index (χ4v) is 2.90. The molecule has 0 aliphatic carbocycles. The van der Waals surface area contributed by atoms with Gasteiger partial charge in [-0.1, -0.05) is 24.3 Å². The van der Waals surface area contributed by atoms with Crippen molar-refractivity contribution in [2.45, 2.75) is 13.3 Å². The van der Waals surface area contributed by atoms with Gasteiger partial charge in [0.2, 0.25) is 5.76 Å². The first-order valence-corrected chi connectivity index (χ1v) is 8.38. The fraction of sp³-hybridized carbons (Fsp3) is 0.235. The summed E-state index contributed by atoms with van der Waals surface area (Å²) in [6.07, 6.45) is 0.694. The molecule has 2 aromatic heterocycles. The van der Waals surface area contributed by atoms with Gasteiger partial charge in [0.05, 0.1) is 16.8 Å². The Hall–Kier alpha value is -2.67. The van der Waals surface area contributed by atoms with E-state index in [0.717, 1.165) is 26.6 Å². The third-order valence-electron chi connectivity index (χ3n) is 3.59. The van der Waals surface area contributed by atoms with E-state index in [1.165, 1.54) is 13.1 Å². The average Bonchev–Trinajstić information content (AvgIpc) is 3.14. The van der Waals surface area contributed by atoms with E-state index in [2.05, 4.69) is 10.3 Å². The van der Waals surface area contributed by atoms with Crippen LogP contribution in [0.5, 0.6) is 0 Å². The Morgan fingerprint density at radius 1 is 1.33 bits per heavy atom. The quantitative estimate of drug-likeness (QED) is 0.772. The van der Waals surface area contributed by atoms with E-state index >= 15 is 0 Å². The number of nitrogens with one attached hydrogen (secondary N) is 1. The van der Waals surface area contributed by atoms with Gasteiger partial charge in [-0.25, -0.2) is 4.98 Å². The maximum Gasteiger partial charge on any atom is 0.289 e. The second kappa shape index (κ2) is 6.84. The van der Waals surface area contributed by atoms with Gasteiger partial charge in [-0.05, 0) is 18.9 Å². The third kappa shape index (κ3) is 3.62. The number of hydrogen-bond acceptors (Lipinski definition) is 5. The van der Waals surface area contributed by atoms with Gasteiger partial charge in [-0.2, -0.15) is 4.74 Å². The molecular formula is C17H17N3O3S. The van der Waals surface area contributed by atoms with Crippen LogP contribution in [0.1, 0.15) is 21.1 Å². The lowest BCUT2D eigenvalue weighted by atomic mass is 10.1. The Bertz CT molecular complexity index is 906. The molecule has 0 fully saturated rings. The van der Waals surface area contributed by atoms with Crippen molar-refractivity contribution in [2.24, 2.45) is 7.05 Å². The van der Waals surface area contributed by atoms with Crippen LogP contribution in [0, 0.1) is 6.92 Å². The molecule has 1 amide bonds. The smallest absolute Gasteiger partial charge is 0.289 e. The minimum absolute atomic E-state index is 0.0248. The van der Waals surface area contributed by atoms with Gasteiger partial charge >= 0.3 is 0 Å². The Kier molecular flexibility index (Phi) is 4.61. The molecule has 0 saturated carbocycles. The van der Waals surface area contributed by atoms with Crippen LogP contribution in [0.4, 0.5) is 0 Å². The molecule has 3 aromatic rings. The van der Waals surface area contributed by atoms with E-state index in [-0.39, 0.29) is 17.2 Å². The van der Waals surface area contributed by atoms with Crippen LogP contribution in [0.25, 0.3) is 11.3 Å². The van der Waals surface area contributed by atoms with E-state index in [1.807, 2.05) is 36.6 Å². The summed E-state index contributed by atoms with van der Waals surface area (Å²) in [5.74, 6) is -0.362. The number of aryl methyl sites for hydroxylation is 2. The molecule has 6 nitrogen and oxygen atoms in total. The van der Waals surface area contributed by atoms with Crippen molar-refractivity contribution in [2.75, 3.05) is 6.54 Å². The maximum absolute atomic E-state index is 11.9. The largest absolute Gasteiger partial charge is 0.371 e. The molecule has 1 aromatic carbocycles. The predicted octanol–water partition coefficient (Wildman–Crippen LogP) is 2.38. The van der Waals surface area contributed by atoms with Crippen molar-refractivity contribution in [3.8, 4) is 11.3 Å². The van der Waals surface area contributed by atoms with E-state index in [4.69, 9.17) is 4.52 Å². The molecule has 0 aliphatic heterocycles. The maximum atomic E-state index is 11.9. The molecule has 0 bridgehead atoms. The molecule has 0 spiro atoms. The topological polar surface area (TPSA) is 77.1 Å². The van der Waals surface area contributed by atoms with Crippen LogP contribution in [-0.2, 0) is 13.5 Å². The number of hydrogen-bond donors (Lipinski definition) is 1. The molecule has 0 aliphatic rings. The van der Waals surface area contributed by atoms with Gasteiger partial charge < -0.3 is 9.84 Å². The highest BCUT2D eigenvalue weighted by atomic mass is 32.1. The Labute approximate surface area is 142 Å². The fourth-order valence-electron chi connectivity index (χ4n) is 2.27. The summed E-state index contributed by atoms with van der Waals surface area (Å²) in [6.45, 7) is 2.45. The summed E-state index contributed by atoms with van der Waals surface area (Å²) in [5.41, 5.74) is 2.84. The van der Waals surface area contributed by atoms with E-state index in [0.29, 0.717) is 13.0 Å². The van der Waals surface area contributed by atoms with Crippen LogP contribution < -0.4 is 10.9 Å². The Balaban J connectivity index is 1.55. The molecule has 24 heavy (non-hydrogen) atoms. The highest BCUT2D eigenvalue weighted by Gasteiger charge is 2.12. The first kappa shape index (κ1) is 16.2. The third-order valence-corrected chi connectivity index (χ3v) is 4.37. The number of amides is 1. The van der Waals surface area contributed by atoms with Gasteiger partial charge in [-0.3, -0.25) is 9.59 Å². The van der Waals surface area contributed by atoms with Crippen LogP contribution in [0.3, 0.4) is 0 Å². The first-order valence-electron chi connectivity index (χ1n) is 7.50. The zero-order valence-electron chi connectivity index (χ0n) is 13.4. The number of carbonyl (C=O) groups is 1. The van der Waals surface area contributed by atoms with Gasteiger partial charge in [0.15, 0.2) is 0 Å². The summed E-state index contributed by atoms with van der Waals surface area (Å²) >= 11 is 1.63. The molecule has 3 rings (SSSR count). The van der Waals surface area contributed by atoms with Crippen LogP contribution in [0.2, 0.25) is 0 Å². The molecule has 0 unspecified atom stereocenters. The highest BCUT2D eigenvalue weighted by Crippen LogP contribution is 2.21. The number of carbonyl (C=O) groups excluding carboxylic acids is 1. The van der Waals surface area contributed by atoms with E-state index in [9.17, 15) is 9.59 Å². The lowest BCUT2D eigenvalue weighted by molar-refractivity contribution is 0.0904. The van der Waals surface area contributed by atoms with E-state index in [1.54, 1.807) is 11.3 Å². The number of nitrogens with zero attached hydrogens (tertiary/aromatic N) is 2. The van der Waals surface area contributed by atoms with E-state index < -0.39 is 0 Å². The summed E-state index contributed by atoms with van der Waals surface area (Å²) in [5, 5.41) is 5.83. The van der Waals surface area contributed by atoms with Crippen LogP contribution >= 0.6 is 11.3 Å². The first-order chi connectivity index (χ1) is 11.5. The van der Waals surface area contributed by atoms with Gasteiger partial charge in [0, 0.05) is 24.5 Å². The van der Waals surface area contributed by atoms with Crippen molar-refractivity contribution >= 4 is 17.2 Å². The number of benzene rings is 1. The second-order valence-electron chi connectivity index (χ2n) is 5.39. The number of aromatic nitrogens is 2. The molecule has 0 radical (unpaired) electrons. The van der Waals surface area contributed by atoms with Gasteiger partial charge in [0.1, 0.15) is 0 Å². The number of rotatable bonds is 5.